The van der Waals surface area contributed by atoms with Crippen LogP contribution in [0.25, 0.3) is 0 Å². The highest BCUT2D eigenvalue weighted by Crippen LogP contribution is 2.33. The van der Waals surface area contributed by atoms with Gasteiger partial charge in [-0.2, -0.15) is 0 Å². The Kier molecular flexibility index (Phi) is 3.46. The van der Waals surface area contributed by atoms with Crippen molar-refractivity contribution in [1.82, 2.24) is 0 Å². The first-order valence-electron chi connectivity index (χ1n) is 3.26. The van der Waals surface area contributed by atoms with Crippen LogP contribution < -0.4 is 9.47 Å². The molecule has 12 heavy (non-hydrogen) atoms. The van der Waals surface area contributed by atoms with Crippen molar-refractivity contribution in [1.29, 1.82) is 0 Å². The molecule has 0 aliphatic carbocycles. The summed E-state index contributed by atoms with van der Waals surface area (Å²) in [5.41, 5.74) is 0. The lowest BCUT2D eigenvalue weighted by molar-refractivity contribution is 0.389. The van der Waals surface area contributed by atoms with E-state index < -0.39 is 0 Å². The number of hydrogen-bond donors (Lipinski definition) is 0. The van der Waals surface area contributed by atoms with E-state index in [1.165, 1.54) is 0 Å². The molecule has 4 heteroatoms. The van der Waals surface area contributed by atoms with Crippen LogP contribution in [0.4, 0.5) is 0 Å². The maximum Gasteiger partial charge on any atom is 0.137 e. The Morgan fingerprint density at radius 1 is 1.17 bits per heavy atom. The standard InChI is InChI=1S/C8H8ClIO2/c1-11-6-3-5(9)4-7(12-2)8(6)10/h3-4H,1-2H3. The summed E-state index contributed by atoms with van der Waals surface area (Å²) in [5, 5.41) is 0.615. The van der Waals surface area contributed by atoms with Gasteiger partial charge in [0.05, 0.1) is 17.8 Å². The van der Waals surface area contributed by atoms with E-state index in [4.69, 9.17) is 21.1 Å². The second-order valence-corrected chi connectivity index (χ2v) is 3.64. The zero-order valence-corrected chi connectivity index (χ0v) is 9.64. The monoisotopic (exact) mass is 298 g/mol. The molecular formula is C8H8ClIO2. The van der Waals surface area contributed by atoms with Crippen molar-refractivity contribution in [2.24, 2.45) is 0 Å². The Labute approximate surface area is 90.0 Å². The Morgan fingerprint density at radius 3 is 1.92 bits per heavy atom. The summed E-state index contributed by atoms with van der Waals surface area (Å²) in [6.45, 7) is 0. The molecule has 0 fully saturated rings. The van der Waals surface area contributed by atoms with E-state index in [1.54, 1.807) is 26.4 Å². The van der Waals surface area contributed by atoms with Crippen LogP contribution in [0.5, 0.6) is 11.5 Å². The van der Waals surface area contributed by atoms with Crippen molar-refractivity contribution in [3.8, 4) is 11.5 Å². The zero-order chi connectivity index (χ0) is 9.14. The van der Waals surface area contributed by atoms with Crippen molar-refractivity contribution < 1.29 is 9.47 Å². The van der Waals surface area contributed by atoms with E-state index in [2.05, 4.69) is 22.6 Å². The molecule has 66 valence electrons. The molecule has 0 amide bonds. The predicted molar refractivity (Wildman–Crippen MR) is 57.3 cm³/mol. The SMILES string of the molecule is COc1cc(Cl)cc(OC)c1I. The van der Waals surface area contributed by atoms with Gasteiger partial charge < -0.3 is 9.47 Å². The van der Waals surface area contributed by atoms with E-state index in [0.29, 0.717) is 5.02 Å². The molecule has 1 aromatic carbocycles. The Balaban J connectivity index is 3.22. The van der Waals surface area contributed by atoms with E-state index in [1.807, 2.05) is 0 Å². The molecule has 1 aromatic rings. The summed E-state index contributed by atoms with van der Waals surface area (Å²) in [6.07, 6.45) is 0. The van der Waals surface area contributed by atoms with Crippen LogP contribution in [-0.2, 0) is 0 Å². The van der Waals surface area contributed by atoms with Gasteiger partial charge in [0.25, 0.3) is 0 Å². The summed E-state index contributed by atoms with van der Waals surface area (Å²) in [4.78, 5) is 0. The average molecular weight is 299 g/mol. The van der Waals surface area contributed by atoms with E-state index in [-0.39, 0.29) is 0 Å². The third-order valence-corrected chi connectivity index (χ3v) is 2.69. The Hall–Kier alpha value is -0.160. The summed E-state index contributed by atoms with van der Waals surface area (Å²) in [6, 6.07) is 3.51. The third kappa shape index (κ3) is 1.95. The topological polar surface area (TPSA) is 18.5 Å². The second kappa shape index (κ2) is 4.18. The lowest BCUT2D eigenvalue weighted by Crippen LogP contribution is -1.91. The van der Waals surface area contributed by atoms with Gasteiger partial charge in [-0.25, -0.2) is 0 Å². The molecule has 0 radical (unpaired) electrons. The fourth-order valence-corrected chi connectivity index (χ4v) is 1.79. The fraction of sp³-hybridized carbons (Fsp3) is 0.250. The first kappa shape index (κ1) is 9.92. The molecule has 0 bridgehead atoms. The predicted octanol–water partition coefficient (Wildman–Crippen LogP) is 2.96. The van der Waals surface area contributed by atoms with Crippen molar-refractivity contribution >= 4 is 34.2 Å². The number of rotatable bonds is 2. The van der Waals surface area contributed by atoms with Crippen molar-refractivity contribution in [3.05, 3.63) is 20.7 Å². The van der Waals surface area contributed by atoms with Gasteiger partial charge >= 0.3 is 0 Å². The number of methoxy groups -OCH3 is 2. The molecule has 0 unspecified atom stereocenters. The highest BCUT2D eigenvalue weighted by molar-refractivity contribution is 14.1. The maximum absolute atomic E-state index is 5.82. The van der Waals surface area contributed by atoms with Crippen LogP contribution in [-0.4, -0.2) is 14.2 Å². The molecule has 0 aliphatic heterocycles. The minimum absolute atomic E-state index is 0.615. The number of ether oxygens (including phenoxy) is 2. The van der Waals surface area contributed by atoms with Gasteiger partial charge in [-0.1, -0.05) is 11.6 Å². The smallest absolute Gasteiger partial charge is 0.137 e. The maximum atomic E-state index is 5.82. The fourth-order valence-electron chi connectivity index (χ4n) is 0.837. The normalized spacial score (nSPS) is 9.67. The van der Waals surface area contributed by atoms with Crippen LogP contribution in [0.1, 0.15) is 0 Å². The van der Waals surface area contributed by atoms with Crippen LogP contribution in [0.2, 0.25) is 5.02 Å². The molecule has 0 spiro atoms. The van der Waals surface area contributed by atoms with Gasteiger partial charge in [-0.15, -0.1) is 0 Å². The molecule has 0 saturated heterocycles. The first-order chi connectivity index (χ1) is 5.69. The van der Waals surface area contributed by atoms with Crippen LogP contribution in [0.3, 0.4) is 0 Å². The molecular weight excluding hydrogens is 290 g/mol. The molecule has 1 rings (SSSR count). The van der Waals surface area contributed by atoms with Gasteiger partial charge in [-0.3, -0.25) is 0 Å². The quantitative estimate of drug-likeness (QED) is 0.782. The third-order valence-electron chi connectivity index (χ3n) is 1.41. The Morgan fingerprint density at radius 2 is 1.58 bits per heavy atom. The summed E-state index contributed by atoms with van der Waals surface area (Å²) in [5.74, 6) is 1.47. The average Bonchev–Trinajstić information content (AvgIpc) is 2.08. The lowest BCUT2D eigenvalue weighted by Gasteiger charge is -2.08. The van der Waals surface area contributed by atoms with Crippen LogP contribution in [0, 0.1) is 3.57 Å². The molecule has 0 saturated carbocycles. The van der Waals surface area contributed by atoms with E-state index >= 15 is 0 Å². The molecule has 2 nitrogen and oxygen atoms in total. The minimum Gasteiger partial charge on any atom is -0.495 e. The highest BCUT2D eigenvalue weighted by atomic mass is 127. The van der Waals surface area contributed by atoms with E-state index in [9.17, 15) is 0 Å². The van der Waals surface area contributed by atoms with Gasteiger partial charge in [0.15, 0.2) is 0 Å². The molecule has 0 atom stereocenters. The molecule has 0 aromatic heterocycles. The van der Waals surface area contributed by atoms with Crippen molar-refractivity contribution in [2.75, 3.05) is 14.2 Å². The second-order valence-electron chi connectivity index (χ2n) is 2.12. The highest BCUT2D eigenvalue weighted by Gasteiger charge is 2.07. The first-order valence-corrected chi connectivity index (χ1v) is 4.71. The summed E-state index contributed by atoms with van der Waals surface area (Å²) < 4.78 is 11.1. The Bertz CT molecular complexity index is 263. The van der Waals surface area contributed by atoms with Gasteiger partial charge in [0, 0.05) is 17.2 Å². The molecule has 0 heterocycles. The van der Waals surface area contributed by atoms with Crippen molar-refractivity contribution in [3.63, 3.8) is 0 Å². The van der Waals surface area contributed by atoms with Gasteiger partial charge in [0.1, 0.15) is 11.5 Å². The lowest BCUT2D eigenvalue weighted by atomic mass is 10.3. The number of benzene rings is 1. The van der Waals surface area contributed by atoms with Crippen LogP contribution in [0.15, 0.2) is 12.1 Å². The van der Waals surface area contributed by atoms with Gasteiger partial charge in [-0.05, 0) is 22.6 Å². The van der Waals surface area contributed by atoms with Crippen LogP contribution >= 0.6 is 34.2 Å². The number of hydrogen-bond acceptors (Lipinski definition) is 2. The zero-order valence-electron chi connectivity index (χ0n) is 6.73. The minimum atomic E-state index is 0.615. The number of halogens is 2. The largest absolute Gasteiger partial charge is 0.495 e. The summed E-state index contributed by atoms with van der Waals surface area (Å²) >= 11 is 7.97. The van der Waals surface area contributed by atoms with E-state index in [0.717, 1.165) is 15.1 Å². The van der Waals surface area contributed by atoms with Gasteiger partial charge in [0.2, 0.25) is 0 Å². The van der Waals surface area contributed by atoms with Crippen molar-refractivity contribution in [2.45, 2.75) is 0 Å². The molecule has 0 N–H and O–H groups in total. The summed E-state index contributed by atoms with van der Waals surface area (Å²) in [7, 11) is 3.21. The molecule has 0 aliphatic rings.